The minimum atomic E-state index is 0.394. The molecule has 1 amide bonds. The van der Waals surface area contributed by atoms with Crippen molar-refractivity contribution < 1.29 is 4.79 Å². The normalized spacial score (nSPS) is 24.7. The number of thioether (sulfide) groups is 1. The molecule has 0 unspecified atom stereocenters. The van der Waals surface area contributed by atoms with Crippen LogP contribution in [0.3, 0.4) is 0 Å². The van der Waals surface area contributed by atoms with Crippen molar-refractivity contribution in [1.29, 1.82) is 0 Å². The van der Waals surface area contributed by atoms with E-state index in [4.69, 9.17) is 0 Å². The van der Waals surface area contributed by atoms with Crippen LogP contribution in [0.15, 0.2) is 0 Å². The van der Waals surface area contributed by atoms with E-state index in [9.17, 15) is 4.79 Å². The summed E-state index contributed by atoms with van der Waals surface area (Å²) in [5.41, 5.74) is 0. The lowest BCUT2D eigenvalue weighted by molar-refractivity contribution is -0.133. The Labute approximate surface area is 103 Å². The number of hydrogen-bond donors (Lipinski definition) is 0. The Bertz CT molecular complexity index is 233. The van der Waals surface area contributed by atoms with Gasteiger partial charge in [-0.25, -0.2) is 0 Å². The summed E-state index contributed by atoms with van der Waals surface area (Å²) in [7, 11) is 2.13. The molecule has 0 aliphatic carbocycles. The molecule has 2 heterocycles. The molecule has 0 aromatic rings. The van der Waals surface area contributed by atoms with Crippen molar-refractivity contribution in [3.8, 4) is 0 Å². The van der Waals surface area contributed by atoms with E-state index in [1.165, 1.54) is 24.3 Å². The van der Waals surface area contributed by atoms with Crippen molar-refractivity contribution >= 4 is 17.7 Å². The van der Waals surface area contributed by atoms with E-state index in [0.717, 1.165) is 32.6 Å². The Morgan fingerprint density at radius 2 is 1.81 bits per heavy atom. The molecule has 0 atom stereocenters. The molecule has 3 nitrogen and oxygen atoms in total. The first-order valence-corrected chi connectivity index (χ1v) is 7.45. The van der Waals surface area contributed by atoms with Gasteiger partial charge in [-0.15, -0.1) is 0 Å². The smallest absolute Gasteiger partial charge is 0.222 e. The molecule has 2 saturated heterocycles. The molecule has 2 fully saturated rings. The second-order valence-electron chi connectivity index (χ2n) is 4.94. The molecule has 0 bridgehead atoms. The highest BCUT2D eigenvalue weighted by atomic mass is 32.2. The van der Waals surface area contributed by atoms with Gasteiger partial charge in [0.25, 0.3) is 0 Å². The van der Waals surface area contributed by atoms with Crippen molar-refractivity contribution in [1.82, 2.24) is 9.80 Å². The second kappa shape index (κ2) is 5.92. The largest absolute Gasteiger partial charge is 0.340 e. The predicted molar refractivity (Wildman–Crippen MR) is 68.7 cm³/mol. The van der Waals surface area contributed by atoms with E-state index in [2.05, 4.69) is 16.8 Å². The molecule has 92 valence electrons. The third-order valence-electron chi connectivity index (χ3n) is 3.66. The summed E-state index contributed by atoms with van der Waals surface area (Å²) in [5, 5.41) is 0. The van der Waals surface area contributed by atoms with Crippen LogP contribution in [-0.2, 0) is 4.79 Å². The van der Waals surface area contributed by atoms with Crippen LogP contribution in [0.2, 0.25) is 0 Å². The Hall–Kier alpha value is -0.220. The number of rotatable bonds is 2. The zero-order chi connectivity index (χ0) is 11.4. The molecule has 16 heavy (non-hydrogen) atoms. The SMILES string of the molecule is CN1CCN(C(=O)CC2CCSCC2)CC1. The van der Waals surface area contributed by atoms with Crippen LogP contribution in [0.5, 0.6) is 0 Å². The van der Waals surface area contributed by atoms with E-state index < -0.39 is 0 Å². The standard InChI is InChI=1S/C12H22N2OS/c1-13-4-6-14(7-5-13)12(15)10-11-2-8-16-9-3-11/h11H,2-10H2,1H3. The number of amides is 1. The fourth-order valence-electron chi connectivity index (χ4n) is 2.38. The predicted octanol–water partition coefficient (Wildman–Crippen LogP) is 1.29. The van der Waals surface area contributed by atoms with Crippen molar-refractivity contribution in [2.75, 3.05) is 44.7 Å². The zero-order valence-corrected chi connectivity index (χ0v) is 11.0. The third-order valence-corrected chi connectivity index (χ3v) is 4.71. The lowest BCUT2D eigenvalue weighted by Crippen LogP contribution is -2.47. The molecule has 0 aromatic carbocycles. The molecule has 0 spiro atoms. The van der Waals surface area contributed by atoms with Crippen LogP contribution in [0, 0.1) is 5.92 Å². The fraction of sp³-hybridized carbons (Fsp3) is 0.917. The highest BCUT2D eigenvalue weighted by molar-refractivity contribution is 7.99. The van der Waals surface area contributed by atoms with E-state index in [-0.39, 0.29) is 0 Å². The molecular weight excluding hydrogens is 220 g/mol. The van der Waals surface area contributed by atoms with Crippen molar-refractivity contribution in [2.45, 2.75) is 19.3 Å². The van der Waals surface area contributed by atoms with Gasteiger partial charge in [-0.2, -0.15) is 11.8 Å². The summed E-state index contributed by atoms with van der Waals surface area (Å²) in [6.07, 6.45) is 3.28. The maximum Gasteiger partial charge on any atom is 0.222 e. The summed E-state index contributed by atoms with van der Waals surface area (Å²) >= 11 is 2.03. The number of hydrogen-bond acceptors (Lipinski definition) is 3. The van der Waals surface area contributed by atoms with Gasteiger partial charge in [-0.1, -0.05) is 0 Å². The number of nitrogens with zero attached hydrogens (tertiary/aromatic N) is 2. The van der Waals surface area contributed by atoms with Gasteiger partial charge in [0.05, 0.1) is 0 Å². The van der Waals surface area contributed by atoms with Gasteiger partial charge in [0.15, 0.2) is 0 Å². The van der Waals surface area contributed by atoms with Gasteiger partial charge in [0.1, 0.15) is 0 Å². The molecule has 2 aliphatic rings. The van der Waals surface area contributed by atoms with Crippen LogP contribution in [0.25, 0.3) is 0 Å². The van der Waals surface area contributed by atoms with Gasteiger partial charge in [0.2, 0.25) is 5.91 Å². The summed E-state index contributed by atoms with van der Waals surface area (Å²) in [4.78, 5) is 16.4. The van der Waals surface area contributed by atoms with E-state index in [1.54, 1.807) is 0 Å². The summed E-state index contributed by atoms with van der Waals surface area (Å²) in [6.45, 7) is 3.92. The maximum atomic E-state index is 12.1. The molecule has 0 N–H and O–H groups in total. The molecule has 2 rings (SSSR count). The Morgan fingerprint density at radius 3 is 2.44 bits per heavy atom. The highest BCUT2D eigenvalue weighted by Crippen LogP contribution is 2.25. The van der Waals surface area contributed by atoms with Crippen LogP contribution in [-0.4, -0.2) is 60.4 Å². The average molecular weight is 242 g/mol. The van der Waals surface area contributed by atoms with Crippen LogP contribution in [0.4, 0.5) is 0 Å². The van der Waals surface area contributed by atoms with Crippen molar-refractivity contribution in [2.24, 2.45) is 5.92 Å². The van der Waals surface area contributed by atoms with E-state index in [0.29, 0.717) is 11.8 Å². The number of carbonyl (C=O) groups excluding carboxylic acids is 1. The fourth-order valence-corrected chi connectivity index (χ4v) is 3.59. The lowest BCUT2D eigenvalue weighted by atomic mass is 9.98. The van der Waals surface area contributed by atoms with E-state index >= 15 is 0 Å². The number of likely N-dealkylation sites (N-methyl/N-ethyl adjacent to an activating group) is 1. The van der Waals surface area contributed by atoms with Crippen LogP contribution in [0.1, 0.15) is 19.3 Å². The summed E-state index contributed by atoms with van der Waals surface area (Å²) < 4.78 is 0. The second-order valence-corrected chi connectivity index (χ2v) is 6.17. The van der Waals surface area contributed by atoms with Gasteiger partial charge < -0.3 is 9.80 Å². The minimum Gasteiger partial charge on any atom is -0.340 e. The molecule has 0 saturated carbocycles. The number of carbonyl (C=O) groups is 1. The lowest BCUT2D eigenvalue weighted by Gasteiger charge is -2.33. The first kappa shape index (κ1) is 12.2. The first-order chi connectivity index (χ1) is 7.75. The number of piperazine rings is 1. The quantitative estimate of drug-likeness (QED) is 0.729. The third kappa shape index (κ3) is 3.39. The molecular formula is C12H22N2OS. The topological polar surface area (TPSA) is 23.6 Å². The Kier molecular flexibility index (Phi) is 4.53. The molecule has 0 radical (unpaired) electrons. The molecule has 0 aromatic heterocycles. The van der Waals surface area contributed by atoms with Crippen molar-refractivity contribution in [3.63, 3.8) is 0 Å². The van der Waals surface area contributed by atoms with Gasteiger partial charge in [-0.05, 0) is 37.3 Å². The monoisotopic (exact) mass is 242 g/mol. The highest BCUT2D eigenvalue weighted by Gasteiger charge is 2.23. The van der Waals surface area contributed by atoms with Crippen LogP contribution >= 0.6 is 11.8 Å². The van der Waals surface area contributed by atoms with Crippen LogP contribution < -0.4 is 0 Å². The summed E-state index contributed by atoms with van der Waals surface area (Å²) in [5.74, 6) is 3.56. The van der Waals surface area contributed by atoms with Gasteiger partial charge >= 0.3 is 0 Å². The molecule has 2 aliphatic heterocycles. The zero-order valence-electron chi connectivity index (χ0n) is 10.2. The first-order valence-electron chi connectivity index (χ1n) is 6.30. The van der Waals surface area contributed by atoms with Crippen molar-refractivity contribution in [3.05, 3.63) is 0 Å². The Balaban J connectivity index is 1.74. The average Bonchev–Trinajstić information content (AvgIpc) is 2.31. The van der Waals surface area contributed by atoms with Gasteiger partial charge in [-0.3, -0.25) is 4.79 Å². The Morgan fingerprint density at radius 1 is 1.19 bits per heavy atom. The van der Waals surface area contributed by atoms with E-state index in [1.807, 2.05) is 11.8 Å². The van der Waals surface area contributed by atoms with Gasteiger partial charge in [0, 0.05) is 32.6 Å². The maximum absolute atomic E-state index is 12.1. The minimum absolute atomic E-state index is 0.394. The molecule has 4 heteroatoms. The summed E-state index contributed by atoms with van der Waals surface area (Å²) in [6, 6.07) is 0.